The zero-order valence-corrected chi connectivity index (χ0v) is 14.1. The Kier molecular flexibility index (Phi) is 4.65. The number of carbonyl (C=O) groups is 2. The first kappa shape index (κ1) is 16.2. The highest BCUT2D eigenvalue weighted by atomic mass is 16.2. The van der Waals surface area contributed by atoms with Gasteiger partial charge in [-0.1, -0.05) is 42.0 Å². The Labute approximate surface area is 142 Å². The van der Waals surface area contributed by atoms with Crippen molar-refractivity contribution in [1.82, 2.24) is 10.2 Å². The molecule has 4 nitrogen and oxygen atoms in total. The molecule has 0 saturated carbocycles. The highest BCUT2D eigenvalue weighted by Crippen LogP contribution is 2.19. The monoisotopic (exact) mass is 322 g/mol. The lowest BCUT2D eigenvalue weighted by molar-refractivity contribution is -0.133. The van der Waals surface area contributed by atoms with Gasteiger partial charge >= 0.3 is 0 Å². The predicted octanol–water partition coefficient (Wildman–Crippen LogP) is 2.70. The number of nitrogens with one attached hydrogen (secondary N) is 1. The average Bonchev–Trinajstić information content (AvgIpc) is 2.61. The summed E-state index contributed by atoms with van der Waals surface area (Å²) in [5, 5.41) is 2.81. The van der Waals surface area contributed by atoms with E-state index in [0.29, 0.717) is 18.7 Å². The molecule has 4 heteroatoms. The van der Waals surface area contributed by atoms with Crippen molar-refractivity contribution < 1.29 is 9.59 Å². The first-order valence-electron chi connectivity index (χ1n) is 8.27. The van der Waals surface area contributed by atoms with Crippen LogP contribution in [0.1, 0.15) is 34.0 Å². The van der Waals surface area contributed by atoms with Gasteiger partial charge in [0.25, 0.3) is 5.91 Å². The summed E-state index contributed by atoms with van der Waals surface area (Å²) < 4.78 is 0. The van der Waals surface area contributed by atoms with Crippen molar-refractivity contribution in [3.63, 3.8) is 0 Å². The van der Waals surface area contributed by atoms with E-state index in [1.807, 2.05) is 36.1 Å². The summed E-state index contributed by atoms with van der Waals surface area (Å²) in [7, 11) is 0. The van der Waals surface area contributed by atoms with Crippen molar-refractivity contribution in [1.29, 1.82) is 0 Å². The lowest BCUT2D eigenvalue weighted by Gasteiger charge is -2.31. The van der Waals surface area contributed by atoms with Gasteiger partial charge in [0.05, 0.1) is 0 Å². The van der Waals surface area contributed by atoms with Crippen LogP contribution in [0.2, 0.25) is 0 Å². The molecule has 1 N–H and O–H groups in total. The van der Waals surface area contributed by atoms with Gasteiger partial charge in [-0.15, -0.1) is 0 Å². The fourth-order valence-electron chi connectivity index (χ4n) is 3.00. The van der Waals surface area contributed by atoms with E-state index in [2.05, 4.69) is 17.4 Å². The van der Waals surface area contributed by atoms with Crippen molar-refractivity contribution in [2.75, 3.05) is 6.54 Å². The van der Waals surface area contributed by atoms with Gasteiger partial charge in [-0.2, -0.15) is 0 Å². The molecule has 0 fully saturated rings. The zero-order chi connectivity index (χ0) is 17.1. The molecule has 0 radical (unpaired) electrons. The molecule has 2 aromatic rings. The number of aryl methyl sites for hydroxylation is 1. The van der Waals surface area contributed by atoms with E-state index >= 15 is 0 Å². The van der Waals surface area contributed by atoms with E-state index in [4.69, 9.17) is 0 Å². The summed E-state index contributed by atoms with van der Waals surface area (Å²) in [6.07, 6.45) is 0.862. The molecule has 124 valence electrons. The maximum atomic E-state index is 12.6. The Hall–Kier alpha value is -2.62. The largest absolute Gasteiger partial charge is 0.341 e. The van der Waals surface area contributed by atoms with Crippen LogP contribution in [0, 0.1) is 6.92 Å². The SMILES string of the molecule is Cc1ccc(C(=O)N[C@@H](C)C(=O)N2CCc3ccccc3C2)cc1. The third-order valence-electron chi connectivity index (χ3n) is 4.47. The van der Waals surface area contributed by atoms with E-state index in [1.165, 1.54) is 11.1 Å². The molecule has 2 amide bonds. The Morgan fingerprint density at radius 1 is 1.04 bits per heavy atom. The summed E-state index contributed by atoms with van der Waals surface area (Å²) in [6.45, 7) is 5.03. The van der Waals surface area contributed by atoms with E-state index in [0.717, 1.165) is 12.0 Å². The van der Waals surface area contributed by atoms with Crippen LogP contribution in [0.15, 0.2) is 48.5 Å². The Morgan fingerprint density at radius 2 is 1.71 bits per heavy atom. The quantitative estimate of drug-likeness (QED) is 0.944. The molecule has 0 bridgehead atoms. The topological polar surface area (TPSA) is 49.4 Å². The molecule has 1 aliphatic rings. The summed E-state index contributed by atoms with van der Waals surface area (Å²) in [5.74, 6) is -0.252. The summed E-state index contributed by atoms with van der Waals surface area (Å²) >= 11 is 0. The second kappa shape index (κ2) is 6.87. The number of fused-ring (bicyclic) bond motifs is 1. The number of benzene rings is 2. The zero-order valence-electron chi connectivity index (χ0n) is 14.1. The number of hydrogen-bond acceptors (Lipinski definition) is 2. The van der Waals surface area contributed by atoms with E-state index in [1.54, 1.807) is 19.1 Å². The third kappa shape index (κ3) is 3.48. The van der Waals surface area contributed by atoms with Crippen molar-refractivity contribution in [2.24, 2.45) is 0 Å². The van der Waals surface area contributed by atoms with E-state index in [-0.39, 0.29) is 11.8 Å². The summed E-state index contributed by atoms with van der Waals surface area (Å²) in [4.78, 5) is 26.7. The minimum Gasteiger partial charge on any atom is -0.341 e. The van der Waals surface area contributed by atoms with Gasteiger partial charge in [-0.05, 0) is 43.5 Å². The molecule has 2 aromatic carbocycles. The number of nitrogens with zero attached hydrogens (tertiary/aromatic N) is 1. The minimum absolute atomic E-state index is 0.0371. The van der Waals surface area contributed by atoms with Gasteiger partial charge in [-0.3, -0.25) is 9.59 Å². The number of amides is 2. The standard InChI is InChI=1S/C20H22N2O2/c1-14-7-9-17(10-8-14)19(23)21-15(2)20(24)22-12-11-16-5-3-4-6-18(16)13-22/h3-10,15H,11-13H2,1-2H3,(H,21,23)/t15-/m0/s1. The van der Waals surface area contributed by atoms with Crippen LogP contribution in [0.25, 0.3) is 0 Å². The number of carbonyl (C=O) groups excluding carboxylic acids is 2. The lowest BCUT2D eigenvalue weighted by atomic mass is 9.99. The lowest BCUT2D eigenvalue weighted by Crippen LogP contribution is -2.48. The number of rotatable bonds is 3. The minimum atomic E-state index is -0.538. The highest BCUT2D eigenvalue weighted by molar-refractivity contribution is 5.97. The predicted molar refractivity (Wildman–Crippen MR) is 93.7 cm³/mol. The molecule has 1 heterocycles. The molecule has 1 atom stereocenters. The van der Waals surface area contributed by atoms with Gasteiger partial charge in [-0.25, -0.2) is 0 Å². The molecule has 3 rings (SSSR count). The van der Waals surface area contributed by atoms with Gasteiger partial charge in [0, 0.05) is 18.7 Å². The molecule has 0 spiro atoms. The van der Waals surface area contributed by atoms with Crippen molar-refractivity contribution in [3.8, 4) is 0 Å². The Morgan fingerprint density at radius 3 is 2.42 bits per heavy atom. The molecular formula is C20H22N2O2. The molecule has 1 aliphatic heterocycles. The molecule has 0 aromatic heterocycles. The van der Waals surface area contributed by atoms with Crippen LogP contribution < -0.4 is 5.32 Å². The normalized spacial score (nSPS) is 14.7. The molecule has 0 aliphatic carbocycles. The second-order valence-electron chi connectivity index (χ2n) is 6.34. The molecule has 0 saturated heterocycles. The molecular weight excluding hydrogens is 300 g/mol. The summed E-state index contributed by atoms with van der Waals surface area (Å²) in [6, 6.07) is 15.0. The van der Waals surface area contributed by atoms with Crippen LogP contribution in [-0.2, 0) is 17.8 Å². The fourth-order valence-corrected chi connectivity index (χ4v) is 3.00. The summed E-state index contributed by atoms with van der Waals surface area (Å²) in [5.41, 5.74) is 4.17. The van der Waals surface area contributed by atoms with Crippen LogP contribution in [-0.4, -0.2) is 29.3 Å². The van der Waals surface area contributed by atoms with Crippen LogP contribution in [0.4, 0.5) is 0 Å². The van der Waals surface area contributed by atoms with E-state index in [9.17, 15) is 9.59 Å². The van der Waals surface area contributed by atoms with Gasteiger partial charge in [0.1, 0.15) is 6.04 Å². The van der Waals surface area contributed by atoms with Gasteiger partial charge < -0.3 is 10.2 Å². The van der Waals surface area contributed by atoms with Gasteiger partial charge in [0.2, 0.25) is 5.91 Å². The first-order valence-corrected chi connectivity index (χ1v) is 8.27. The van der Waals surface area contributed by atoms with Crippen LogP contribution in [0.3, 0.4) is 0 Å². The smallest absolute Gasteiger partial charge is 0.251 e. The Bertz CT molecular complexity index is 752. The van der Waals surface area contributed by atoms with Crippen molar-refractivity contribution in [3.05, 3.63) is 70.8 Å². The maximum absolute atomic E-state index is 12.6. The maximum Gasteiger partial charge on any atom is 0.251 e. The molecule has 24 heavy (non-hydrogen) atoms. The highest BCUT2D eigenvalue weighted by Gasteiger charge is 2.25. The van der Waals surface area contributed by atoms with Crippen molar-refractivity contribution >= 4 is 11.8 Å². The fraction of sp³-hybridized carbons (Fsp3) is 0.300. The van der Waals surface area contributed by atoms with E-state index < -0.39 is 6.04 Å². The third-order valence-corrected chi connectivity index (χ3v) is 4.47. The van der Waals surface area contributed by atoms with Crippen LogP contribution in [0.5, 0.6) is 0 Å². The second-order valence-corrected chi connectivity index (χ2v) is 6.34. The average molecular weight is 322 g/mol. The van der Waals surface area contributed by atoms with Gasteiger partial charge in [0.15, 0.2) is 0 Å². The number of hydrogen-bond donors (Lipinski definition) is 1. The first-order chi connectivity index (χ1) is 11.5. The van der Waals surface area contributed by atoms with Crippen molar-refractivity contribution in [2.45, 2.75) is 32.9 Å². The Balaban J connectivity index is 1.63. The molecule has 0 unspecified atom stereocenters. The van der Waals surface area contributed by atoms with Crippen LogP contribution >= 0.6 is 0 Å².